The van der Waals surface area contributed by atoms with E-state index in [1.807, 2.05) is 0 Å². The fourth-order valence-corrected chi connectivity index (χ4v) is 7.53. The van der Waals surface area contributed by atoms with Gasteiger partial charge in [0.25, 0.3) is 0 Å². The number of ketones is 1. The number of aliphatic hydroxyl groups is 1. The number of rotatable bonds is 0. The van der Waals surface area contributed by atoms with Gasteiger partial charge >= 0.3 is 0 Å². The van der Waals surface area contributed by atoms with Gasteiger partial charge in [0, 0.05) is 16.7 Å². The summed E-state index contributed by atoms with van der Waals surface area (Å²) in [6.07, 6.45) is 11.1. The van der Waals surface area contributed by atoms with Crippen LogP contribution in [0.15, 0.2) is 12.2 Å². The monoisotopic (exact) mass is 314 g/mol. The molecule has 4 fully saturated rings. The molecule has 1 N–H and O–H groups in total. The molecule has 0 heterocycles. The van der Waals surface area contributed by atoms with Gasteiger partial charge in [-0.2, -0.15) is 0 Å². The SMILES string of the molecule is C[C@H]1CC[C@]2(C)C3CC[C@]4(C)C(=O)[C@H]5CC5C4[C@@H]3C=C[C@]2(O)C1. The second-order valence-electron chi connectivity index (χ2n) is 10.1. The van der Waals surface area contributed by atoms with Crippen LogP contribution in [0.3, 0.4) is 0 Å². The highest BCUT2D eigenvalue weighted by atomic mass is 16.3. The topological polar surface area (TPSA) is 37.3 Å². The molecule has 3 unspecified atom stereocenters. The lowest BCUT2D eigenvalue weighted by Crippen LogP contribution is -2.60. The number of carbonyl (C=O) groups excluding carboxylic acids is 1. The molecule has 5 rings (SSSR count). The third kappa shape index (κ3) is 1.57. The van der Waals surface area contributed by atoms with Crippen molar-refractivity contribution in [3.05, 3.63) is 12.2 Å². The summed E-state index contributed by atoms with van der Waals surface area (Å²) in [6, 6.07) is 0. The van der Waals surface area contributed by atoms with E-state index in [1.54, 1.807) is 0 Å². The van der Waals surface area contributed by atoms with Gasteiger partial charge in [0.05, 0.1) is 5.60 Å². The summed E-state index contributed by atoms with van der Waals surface area (Å²) in [6.45, 7) is 6.88. The highest BCUT2D eigenvalue weighted by Crippen LogP contribution is 2.71. The van der Waals surface area contributed by atoms with Crippen molar-refractivity contribution >= 4 is 5.78 Å². The maximum absolute atomic E-state index is 12.8. The van der Waals surface area contributed by atoms with Crippen LogP contribution in [0.1, 0.15) is 59.3 Å². The molecule has 23 heavy (non-hydrogen) atoms. The van der Waals surface area contributed by atoms with E-state index < -0.39 is 5.60 Å². The molecule has 2 heteroatoms. The smallest absolute Gasteiger partial charge is 0.142 e. The molecule has 0 amide bonds. The average Bonchev–Trinajstić information content (AvgIpc) is 3.23. The molecule has 0 bridgehead atoms. The summed E-state index contributed by atoms with van der Waals surface area (Å²) in [5.74, 6) is 3.87. The summed E-state index contributed by atoms with van der Waals surface area (Å²) in [5, 5.41) is 11.4. The fourth-order valence-electron chi connectivity index (χ4n) is 7.53. The lowest BCUT2D eigenvalue weighted by molar-refractivity contribution is -0.160. The molecule has 0 aliphatic heterocycles. The van der Waals surface area contributed by atoms with Crippen LogP contribution in [0.25, 0.3) is 0 Å². The summed E-state index contributed by atoms with van der Waals surface area (Å²) >= 11 is 0. The molecule has 4 saturated carbocycles. The largest absolute Gasteiger partial charge is 0.385 e. The van der Waals surface area contributed by atoms with Gasteiger partial charge in [0.2, 0.25) is 0 Å². The number of Topliss-reactive ketones (excluding diaryl/α,β-unsaturated/α-hetero) is 1. The second-order valence-corrected chi connectivity index (χ2v) is 10.1. The van der Waals surface area contributed by atoms with Crippen molar-refractivity contribution in [2.24, 2.45) is 46.3 Å². The first-order chi connectivity index (χ1) is 10.8. The van der Waals surface area contributed by atoms with Crippen molar-refractivity contribution in [2.75, 3.05) is 0 Å². The van der Waals surface area contributed by atoms with E-state index in [0.29, 0.717) is 41.3 Å². The van der Waals surface area contributed by atoms with Gasteiger partial charge in [-0.1, -0.05) is 32.9 Å². The molecule has 0 aromatic carbocycles. The third-order valence-electron chi connectivity index (χ3n) is 9.01. The Morgan fingerprint density at radius 3 is 2.78 bits per heavy atom. The van der Waals surface area contributed by atoms with E-state index in [-0.39, 0.29) is 10.8 Å². The van der Waals surface area contributed by atoms with Gasteiger partial charge in [0.1, 0.15) is 5.78 Å². The Kier molecular flexibility index (Phi) is 2.63. The van der Waals surface area contributed by atoms with Crippen molar-refractivity contribution in [3.8, 4) is 0 Å². The van der Waals surface area contributed by atoms with E-state index in [2.05, 4.69) is 32.9 Å². The van der Waals surface area contributed by atoms with Crippen molar-refractivity contribution in [2.45, 2.75) is 64.9 Å². The first kappa shape index (κ1) is 14.7. The maximum Gasteiger partial charge on any atom is 0.142 e. The predicted molar refractivity (Wildman–Crippen MR) is 89.6 cm³/mol. The molecular formula is C21H30O2. The van der Waals surface area contributed by atoms with Crippen LogP contribution >= 0.6 is 0 Å². The summed E-state index contributed by atoms with van der Waals surface area (Å²) in [4.78, 5) is 12.8. The molecule has 5 aliphatic rings. The Hall–Kier alpha value is -0.630. The molecule has 0 aromatic rings. The van der Waals surface area contributed by atoms with Gasteiger partial charge in [0.15, 0.2) is 0 Å². The zero-order valence-electron chi connectivity index (χ0n) is 14.7. The van der Waals surface area contributed by atoms with E-state index in [0.717, 1.165) is 32.1 Å². The molecule has 0 saturated heterocycles. The fraction of sp³-hybridized carbons (Fsp3) is 0.857. The number of carbonyl (C=O) groups is 1. The molecule has 126 valence electrons. The third-order valence-corrected chi connectivity index (χ3v) is 9.01. The van der Waals surface area contributed by atoms with Crippen LogP contribution in [-0.2, 0) is 4.79 Å². The summed E-state index contributed by atoms with van der Waals surface area (Å²) in [7, 11) is 0. The van der Waals surface area contributed by atoms with Crippen molar-refractivity contribution in [3.63, 3.8) is 0 Å². The first-order valence-electron chi connectivity index (χ1n) is 9.76. The van der Waals surface area contributed by atoms with Crippen LogP contribution in [0.2, 0.25) is 0 Å². The van der Waals surface area contributed by atoms with Crippen LogP contribution in [0, 0.1) is 46.3 Å². The van der Waals surface area contributed by atoms with Crippen molar-refractivity contribution in [1.82, 2.24) is 0 Å². The van der Waals surface area contributed by atoms with Crippen molar-refractivity contribution < 1.29 is 9.90 Å². The number of hydrogen-bond acceptors (Lipinski definition) is 2. The maximum atomic E-state index is 12.8. The van der Waals surface area contributed by atoms with Gasteiger partial charge in [-0.05, 0) is 68.1 Å². The number of hydrogen-bond donors (Lipinski definition) is 1. The zero-order chi connectivity index (χ0) is 16.2. The molecule has 5 aliphatic carbocycles. The predicted octanol–water partition coefficient (Wildman–Crippen LogP) is 3.98. The van der Waals surface area contributed by atoms with E-state index >= 15 is 0 Å². The van der Waals surface area contributed by atoms with E-state index in [1.165, 1.54) is 6.42 Å². The molecule has 9 atom stereocenters. The van der Waals surface area contributed by atoms with Crippen molar-refractivity contribution in [1.29, 1.82) is 0 Å². The van der Waals surface area contributed by atoms with Gasteiger partial charge in [-0.15, -0.1) is 0 Å². The number of fused-ring (bicyclic) bond motifs is 7. The Labute approximate surface area is 139 Å². The Bertz CT molecular complexity index is 609. The molecule has 0 spiro atoms. The molecular weight excluding hydrogens is 284 g/mol. The minimum atomic E-state index is -0.620. The first-order valence-corrected chi connectivity index (χ1v) is 9.76. The lowest BCUT2D eigenvalue weighted by Gasteiger charge is -2.61. The standard InChI is InChI=1S/C21H30O2/c1-12-4-8-20(3)16-6-7-19(2)17(14-10-15(14)18(19)22)13(16)5-9-21(20,23)11-12/h5,9,12-17,23H,4,6-8,10-11H2,1-3H3/t12-,13+,14?,15-,16?,17?,19-,20+,21-/m0/s1. The van der Waals surface area contributed by atoms with Gasteiger partial charge in [-0.25, -0.2) is 0 Å². The molecule has 2 nitrogen and oxygen atoms in total. The Morgan fingerprint density at radius 2 is 2.00 bits per heavy atom. The van der Waals surface area contributed by atoms with E-state index in [9.17, 15) is 9.90 Å². The molecule has 0 aromatic heterocycles. The van der Waals surface area contributed by atoms with Gasteiger partial charge < -0.3 is 5.11 Å². The quantitative estimate of drug-likeness (QED) is 0.687. The zero-order valence-corrected chi connectivity index (χ0v) is 14.7. The molecule has 0 radical (unpaired) electrons. The Morgan fingerprint density at radius 1 is 1.22 bits per heavy atom. The van der Waals surface area contributed by atoms with Crippen LogP contribution < -0.4 is 0 Å². The Balaban J connectivity index is 1.58. The summed E-state index contributed by atoms with van der Waals surface area (Å²) in [5.41, 5.74) is -0.672. The van der Waals surface area contributed by atoms with Crippen LogP contribution in [0.4, 0.5) is 0 Å². The highest BCUT2D eigenvalue weighted by Gasteiger charge is 2.71. The lowest BCUT2D eigenvalue weighted by atomic mass is 9.45. The normalized spacial score (nSPS) is 63.0. The minimum Gasteiger partial charge on any atom is -0.385 e. The minimum absolute atomic E-state index is 0.0102. The van der Waals surface area contributed by atoms with E-state index in [4.69, 9.17) is 0 Å². The highest BCUT2D eigenvalue weighted by molar-refractivity contribution is 5.92. The van der Waals surface area contributed by atoms with Crippen LogP contribution in [-0.4, -0.2) is 16.5 Å². The summed E-state index contributed by atoms with van der Waals surface area (Å²) < 4.78 is 0. The van der Waals surface area contributed by atoms with Gasteiger partial charge in [-0.3, -0.25) is 4.79 Å². The average molecular weight is 314 g/mol. The number of allylic oxidation sites excluding steroid dienone is 1. The van der Waals surface area contributed by atoms with Crippen LogP contribution in [0.5, 0.6) is 0 Å². The second kappa shape index (κ2) is 4.12.